The van der Waals surface area contributed by atoms with Gasteiger partial charge in [-0.3, -0.25) is 0 Å². The molecule has 2 nitrogen and oxygen atoms in total. The maximum atomic E-state index is 10.6. The van der Waals surface area contributed by atoms with E-state index in [4.69, 9.17) is 0 Å². The van der Waals surface area contributed by atoms with Crippen molar-refractivity contribution in [2.24, 2.45) is 0 Å². The van der Waals surface area contributed by atoms with Crippen LogP contribution in [0.25, 0.3) is 0 Å². The zero-order valence-corrected chi connectivity index (χ0v) is 11.4. The highest BCUT2D eigenvalue weighted by Gasteiger charge is 2.34. The Morgan fingerprint density at radius 1 is 1.27 bits per heavy atom. The highest BCUT2D eigenvalue weighted by atomic mass is 79.9. The molecule has 0 aromatic heterocycles. The maximum Gasteiger partial charge on any atom is 0.104 e. The topological polar surface area (TPSA) is 32.3 Å². The molecule has 0 aliphatic carbocycles. The first-order valence-electron chi connectivity index (χ1n) is 5.01. The molecule has 82 valence electrons. The van der Waals surface area contributed by atoms with E-state index in [1.54, 1.807) is 0 Å². The Kier molecular flexibility index (Phi) is 3.50. The van der Waals surface area contributed by atoms with Gasteiger partial charge < -0.3 is 10.4 Å². The van der Waals surface area contributed by atoms with Crippen LogP contribution in [0.2, 0.25) is 0 Å². The summed E-state index contributed by atoms with van der Waals surface area (Å²) in [6, 6.07) is 5.89. The number of aliphatic hydroxyl groups is 1. The van der Waals surface area contributed by atoms with Crippen LogP contribution in [0.15, 0.2) is 27.1 Å². The summed E-state index contributed by atoms with van der Waals surface area (Å²) in [4.78, 5) is 0. The third-order valence-corrected chi connectivity index (χ3v) is 4.11. The van der Waals surface area contributed by atoms with Crippen LogP contribution in [0.3, 0.4) is 0 Å². The van der Waals surface area contributed by atoms with Crippen LogP contribution in [0, 0.1) is 0 Å². The number of hydrogen-bond acceptors (Lipinski definition) is 2. The third-order valence-electron chi connectivity index (χ3n) is 2.79. The quantitative estimate of drug-likeness (QED) is 0.827. The molecule has 0 saturated carbocycles. The van der Waals surface area contributed by atoms with E-state index < -0.39 is 5.60 Å². The Morgan fingerprint density at radius 3 is 2.47 bits per heavy atom. The number of halogens is 2. The van der Waals surface area contributed by atoms with E-state index in [0.717, 1.165) is 33.9 Å². The summed E-state index contributed by atoms with van der Waals surface area (Å²) in [7, 11) is 0. The molecule has 0 spiro atoms. The lowest BCUT2D eigenvalue weighted by Crippen LogP contribution is -2.43. The molecule has 1 aromatic rings. The van der Waals surface area contributed by atoms with Gasteiger partial charge in [0.25, 0.3) is 0 Å². The van der Waals surface area contributed by atoms with Gasteiger partial charge in [0.2, 0.25) is 0 Å². The maximum absolute atomic E-state index is 10.6. The first kappa shape index (κ1) is 11.6. The lowest BCUT2D eigenvalue weighted by Gasteiger charge is -2.34. The van der Waals surface area contributed by atoms with Crippen molar-refractivity contribution in [1.29, 1.82) is 0 Å². The second-order valence-electron chi connectivity index (χ2n) is 3.91. The van der Waals surface area contributed by atoms with Crippen molar-refractivity contribution >= 4 is 31.9 Å². The molecule has 1 heterocycles. The van der Waals surface area contributed by atoms with Crippen LogP contribution in [0.1, 0.15) is 18.4 Å². The second kappa shape index (κ2) is 4.53. The van der Waals surface area contributed by atoms with Crippen LogP contribution >= 0.6 is 31.9 Å². The van der Waals surface area contributed by atoms with Gasteiger partial charge in [-0.1, -0.05) is 37.9 Å². The van der Waals surface area contributed by atoms with E-state index in [9.17, 15) is 5.11 Å². The molecule has 1 aliphatic rings. The molecular weight excluding hydrogens is 322 g/mol. The van der Waals surface area contributed by atoms with Gasteiger partial charge >= 0.3 is 0 Å². The normalized spacial score (nSPS) is 26.6. The molecule has 0 amide bonds. The highest BCUT2D eigenvalue weighted by molar-refractivity contribution is 9.11. The minimum absolute atomic E-state index is 0.619. The molecule has 2 N–H and O–H groups in total. The standard InChI is InChI=1S/C11H13Br2NO/c12-8-3-1-4-9(13)10(8)11(15)5-2-6-14-7-11/h1,3-4,14-15H,2,5-7H2. The first-order chi connectivity index (χ1) is 7.13. The predicted molar refractivity (Wildman–Crippen MR) is 67.8 cm³/mol. The molecule has 0 bridgehead atoms. The molecule has 1 unspecified atom stereocenters. The van der Waals surface area contributed by atoms with E-state index in [1.165, 1.54) is 0 Å². The number of rotatable bonds is 1. The van der Waals surface area contributed by atoms with E-state index >= 15 is 0 Å². The summed E-state index contributed by atoms with van der Waals surface area (Å²) in [5.41, 5.74) is 0.203. The third kappa shape index (κ3) is 2.28. The summed E-state index contributed by atoms with van der Waals surface area (Å²) in [5, 5.41) is 13.8. The molecule has 0 radical (unpaired) electrons. The van der Waals surface area contributed by atoms with Crippen molar-refractivity contribution in [2.45, 2.75) is 18.4 Å². The van der Waals surface area contributed by atoms with Crippen molar-refractivity contribution in [3.05, 3.63) is 32.7 Å². The number of hydrogen-bond donors (Lipinski definition) is 2. The SMILES string of the molecule is OC1(c2c(Br)cccc2Br)CCCNC1. The fourth-order valence-corrected chi connectivity index (χ4v) is 3.78. The molecule has 2 rings (SSSR count). The van der Waals surface area contributed by atoms with Gasteiger partial charge in [0, 0.05) is 21.1 Å². The molecule has 1 aliphatic heterocycles. The average molecular weight is 335 g/mol. The van der Waals surface area contributed by atoms with Crippen molar-refractivity contribution in [2.75, 3.05) is 13.1 Å². The van der Waals surface area contributed by atoms with E-state index in [2.05, 4.69) is 37.2 Å². The molecule has 1 aromatic carbocycles. The van der Waals surface area contributed by atoms with Gasteiger partial charge in [-0.25, -0.2) is 0 Å². The Morgan fingerprint density at radius 2 is 1.93 bits per heavy atom. The monoisotopic (exact) mass is 333 g/mol. The number of piperidine rings is 1. The minimum Gasteiger partial charge on any atom is -0.384 e. The molecule has 1 atom stereocenters. The minimum atomic E-state index is -0.753. The summed E-state index contributed by atoms with van der Waals surface area (Å²) >= 11 is 7.00. The van der Waals surface area contributed by atoms with Crippen LogP contribution in [-0.4, -0.2) is 18.2 Å². The molecule has 15 heavy (non-hydrogen) atoms. The van der Waals surface area contributed by atoms with Crippen LogP contribution in [0.5, 0.6) is 0 Å². The van der Waals surface area contributed by atoms with E-state index in [1.807, 2.05) is 18.2 Å². The van der Waals surface area contributed by atoms with Crippen molar-refractivity contribution in [3.8, 4) is 0 Å². The van der Waals surface area contributed by atoms with Gasteiger partial charge in [-0.05, 0) is 31.5 Å². The second-order valence-corrected chi connectivity index (χ2v) is 5.62. The molecule has 1 saturated heterocycles. The van der Waals surface area contributed by atoms with E-state index in [0.29, 0.717) is 6.54 Å². The Bertz CT molecular complexity index is 341. The van der Waals surface area contributed by atoms with E-state index in [-0.39, 0.29) is 0 Å². The van der Waals surface area contributed by atoms with Gasteiger partial charge in [0.1, 0.15) is 5.60 Å². The summed E-state index contributed by atoms with van der Waals surface area (Å²) in [6.07, 6.45) is 1.81. The first-order valence-corrected chi connectivity index (χ1v) is 6.60. The van der Waals surface area contributed by atoms with Crippen LogP contribution in [-0.2, 0) is 5.60 Å². The Balaban J connectivity index is 2.42. The molecule has 1 fully saturated rings. The van der Waals surface area contributed by atoms with Gasteiger partial charge in [-0.2, -0.15) is 0 Å². The summed E-state index contributed by atoms with van der Waals surface area (Å²) in [6.45, 7) is 1.61. The summed E-state index contributed by atoms with van der Waals surface area (Å²) < 4.78 is 1.92. The van der Waals surface area contributed by atoms with Gasteiger partial charge in [0.15, 0.2) is 0 Å². The van der Waals surface area contributed by atoms with Crippen molar-refractivity contribution < 1.29 is 5.11 Å². The lowest BCUT2D eigenvalue weighted by atomic mass is 9.87. The van der Waals surface area contributed by atoms with Crippen molar-refractivity contribution in [1.82, 2.24) is 5.32 Å². The smallest absolute Gasteiger partial charge is 0.104 e. The Hall–Kier alpha value is 0.1000. The number of benzene rings is 1. The summed E-state index contributed by atoms with van der Waals surface area (Å²) in [5.74, 6) is 0. The highest BCUT2D eigenvalue weighted by Crippen LogP contribution is 2.38. The fraction of sp³-hybridized carbons (Fsp3) is 0.455. The molecule has 4 heteroatoms. The van der Waals surface area contributed by atoms with Crippen LogP contribution < -0.4 is 5.32 Å². The predicted octanol–water partition coefficient (Wildman–Crippen LogP) is 2.78. The zero-order valence-electron chi connectivity index (χ0n) is 8.26. The molecular formula is C11H13Br2NO. The zero-order chi connectivity index (χ0) is 10.9. The van der Waals surface area contributed by atoms with Gasteiger partial charge in [-0.15, -0.1) is 0 Å². The Labute approximate surface area is 106 Å². The van der Waals surface area contributed by atoms with Gasteiger partial charge in [0.05, 0.1) is 0 Å². The number of β-amino-alcohol motifs (C(OH)–C–C–N with tert-alkyl or cyclic N) is 1. The largest absolute Gasteiger partial charge is 0.384 e. The van der Waals surface area contributed by atoms with Crippen LogP contribution in [0.4, 0.5) is 0 Å². The lowest BCUT2D eigenvalue weighted by molar-refractivity contribution is 0.0110. The number of nitrogens with one attached hydrogen (secondary N) is 1. The van der Waals surface area contributed by atoms with Crippen molar-refractivity contribution in [3.63, 3.8) is 0 Å². The average Bonchev–Trinajstić information content (AvgIpc) is 2.18. The fourth-order valence-electron chi connectivity index (χ4n) is 2.05.